The molecule has 2 rings (SSSR count). The van der Waals surface area contributed by atoms with Gasteiger partial charge in [0.25, 0.3) is 0 Å². The molecule has 2 nitrogen and oxygen atoms in total. The van der Waals surface area contributed by atoms with Crippen molar-refractivity contribution in [1.29, 1.82) is 0 Å². The van der Waals surface area contributed by atoms with E-state index < -0.39 is 0 Å². The topological polar surface area (TPSA) is 35.2 Å². The molecular weight excluding hydrogens is 222 g/mol. The molecular formula is C16H25NO. The normalized spacial score (nSPS) is 28.1. The average Bonchev–Trinajstić information content (AvgIpc) is 2.42. The number of hydrogen-bond donors (Lipinski definition) is 1. The van der Waals surface area contributed by atoms with Crippen molar-refractivity contribution in [3.8, 4) is 5.75 Å². The van der Waals surface area contributed by atoms with Crippen LogP contribution in [0.2, 0.25) is 0 Å². The Kier molecular flexibility index (Phi) is 4.65. The third-order valence-corrected chi connectivity index (χ3v) is 4.15. The van der Waals surface area contributed by atoms with E-state index in [1.807, 2.05) is 0 Å². The predicted molar refractivity (Wildman–Crippen MR) is 75.8 cm³/mol. The van der Waals surface area contributed by atoms with Gasteiger partial charge in [-0.3, -0.25) is 0 Å². The summed E-state index contributed by atoms with van der Waals surface area (Å²) in [5, 5.41) is 0. The van der Waals surface area contributed by atoms with E-state index in [1.54, 1.807) is 0 Å². The van der Waals surface area contributed by atoms with E-state index in [-0.39, 0.29) is 12.1 Å². The van der Waals surface area contributed by atoms with Gasteiger partial charge in [0.05, 0.1) is 0 Å². The number of hydrogen-bond acceptors (Lipinski definition) is 2. The number of ether oxygens (including phenoxy) is 1. The van der Waals surface area contributed by atoms with Crippen LogP contribution in [0.3, 0.4) is 0 Å². The summed E-state index contributed by atoms with van der Waals surface area (Å²) in [4.78, 5) is 0. The van der Waals surface area contributed by atoms with E-state index in [4.69, 9.17) is 10.5 Å². The molecule has 1 aliphatic rings. The number of nitrogens with two attached hydrogens (primary N) is 1. The number of rotatable bonds is 4. The summed E-state index contributed by atoms with van der Waals surface area (Å²) < 4.78 is 6.07. The molecule has 0 aromatic heterocycles. The van der Waals surface area contributed by atoms with Crippen molar-refractivity contribution in [3.63, 3.8) is 0 Å². The third kappa shape index (κ3) is 3.26. The second-order valence-electron chi connectivity index (χ2n) is 5.40. The summed E-state index contributed by atoms with van der Waals surface area (Å²) in [5.74, 6) is 1.74. The molecule has 1 aliphatic carbocycles. The van der Waals surface area contributed by atoms with Crippen molar-refractivity contribution in [2.24, 2.45) is 11.7 Å². The van der Waals surface area contributed by atoms with Gasteiger partial charge in [-0.25, -0.2) is 0 Å². The Morgan fingerprint density at radius 2 is 1.89 bits per heavy atom. The van der Waals surface area contributed by atoms with Crippen LogP contribution in [0.5, 0.6) is 5.75 Å². The van der Waals surface area contributed by atoms with Crippen LogP contribution in [0.1, 0.15) is 45.1 Å². The Morgan fingerprint density at radius 1 is 1.17 bits per heavy atom. The van der Waals surface area contributed by atoms with Crippen LogP contribution in [0.4, 0.5) is 0 Å². The molecule has 3 unspecified atom stereocenters. The highest BCUT2D eigenvalue weighted by Gasteiger charge is 2.28. The predicted octanol–water partition coefficient (Wildman–Crippen LogP) is 3.53. The molecule has 0 spiro atoms. The first-order chi connectivity index (χ1) is 8.72. The van der Waals surface area contributed by atoms with Crippen LogP contribution in [-0.4, -0.2) is 12.1 Å². The smallest absolute Gasteiger partial charge is 0.119 e. The van der Waals surface area contributed by atoms with Gasteiger partial charge in [0.1, 0.15) is 11.9 Å². The Balaban J connectivity index is 1.97. The second-order valence-corrected chi connectivity index (χ2v) is 5.40. The number of aryl methyl sites for hydroxylation is 1. The molecule has 18 heavy (non-hydrogen) atoms. The summed E-state index contributed by atoms with van der Waals surface area (Å²) in [5.41, 5.74) is 7.52. The average molecular weight is 247 g/mol. The van der Waals surface area contributed by atoms with Gasteiger partial charge in [-0.15, -0.1) is 0 Å². The molecule has 0 heterocycles. The molecule has 100 valence electrons. The van der Waals surface area contributed by atoms with Crippen molar-refractivity contribution < 1.29 is 4.74 Å². The van der Waals surface area contributed by atoms with Crippen molar-refractivity contribution >= 4 is 0 Å². The van der Waals surface area contributed by atoms with Crippen LogP contribution >= 0.6 is 0 Å². The van der Waals surface area contributed by atoms with Crippen molar-refractivity contribution in [2.75, 3.05) is 0 Å². The molecule has 2 heteroatoms. The fraction of sp³-hybridized carbons (Fsp3) is 0.625. The van der Waals surface area contributed by atoms with Gasteiger partial charge in [-0.1, -0.05) is 32.4 Å². The summed E-state index contributed by atoms with van der Waals surface area (Å²) >= 11 is 0. The lowest BCUT2D eigenvalue weighted by atomic mass is 9.83. The van der Waals surface area contributed by atoms with Gasteiger partial charge in [-0.05, 0) is 49.3 Å². The van der Waals surface area contributed by atoms with E-state index in [2.05, 4.69) is 38.1 Å². The van der Waals surface area contributed by atoms with E-state index >= 15 is 0 Å². The fourth-order valence-electron chi connectivity index (χ4n) is 2.72. The number of benzene rings is 1. The Labute approximate surface area is 111 Å². The highest BCUT2D eigenvalue weighted by Crippen LogP contribution is 2.29. The van der Waals surface area contributed by atoms with E-state index in [1.165, 1.54) is 18.4 Å². The summed E-state index contributed by atoms with van der Waals surface area (Å²) in [7, 11) is 0. The van der Waals surface area contributed by atoms with Crippen molar-refractivity contribution in [1.82, 2.24) is 0 Å². The van der Waals surface area contributed by atoms with Crippen molar-refractivity contribution in [2.45, 2.75) is 58.1 Å². The van der Waals surface area contributed by atoms with Gasteiger partial charge < -0.3 is 10.5 Å². The highest BCUT2D eigenvalue weighted by molar-refractivity contribution is 5.27. The molecule has 1 aromatic rings. The van der Waals surface area contributed by atoms with E-state index in [0.29, 0.717) is 0 Å². The highest BCUT2D eigenvalue weighted by atomic mass is 16.5. The van der Waals surface area contributed by atoms with E-state index in [9.17, 15) is 0 Å². The Bertz CT molecular complexity index is 360. The van der Waals surface area contributed by atoms with E-state index in [0.717, 1.165) is 30.9 Å². The molecule has 0 aliphatic heterocycles. The molecule has 3 atom stereocenters. The van der Waals surface area contributed by atoms with Crippen LogP contribution in [0.15, 0.2) is 24.3 Å². The fourth-order valence-corrected chi connectivity index (χ4v) is 2.72. The quantitative estimate of drug-likeness (QED) is 0.883. The van der Waals surface area contributed by atoms with Crippen LogP contribution in [0, 0.1) is 5.92 Å². The zero-order chi connectivity index (χ0) is 13.0. The molecule has 0 amide bonds. The lowest BCUT2D eigenvalue weighted by molar-refractivity contribution is 0.101. The van der Waals surface area contributed by atoms with Gasteiger partial charge in [0, 0.05) is 6.04 Å². The molecule has 1 aromatic carbocycles. The van der Waals surface area contributed by atoms with Crippen LogP contribution < -0.4 is 10.5 Å². The standard InChI is InChI=1S/C16H25NO/c1-3-12-5-8-14(9-6-12)18-16-11-13(4-2)7-10-15(16)17/h5-6,8-9,13,15-16H,3-4,7,10-11,17H2,1-2H3. The maximum Gasteiger partial charge on any atom is 0.119 e. The second kappa shape index (κ2) is 6.24. The molecule has 0 saturated heterocycles. The Morgan fingerprint density at radius 3 is 2.50 bits per heavy atom. The zero-order valence-electron chi connectivity index (χ0n) is 11.6. The first-order valence-corrected chi connectivity index (χ1v) is 7.24. The SMILES string of the molecule is CCc1ccc(OC2CC(CC)CCC2N)cc1. The maximum atomic E-state index is 6.17. The summed E-state index contributed by atoms with van der Waals surface area (Å²) in [6.45, 7) is 4.42. The minimum atomic E-state index is 0.191. The van der Waals surface area contributed by atoms with Crippen LogP contribution in [-0.2, 0) is 6.42 Å². The zero-order valence-corrected chi connectivity index (χ0v) is 11.6. The monoisotopic (exact) mass is 247 g/mol. The molecule has 1 fully saturated rings. The summed E-state index contributed by atoms with van der Waals surface area (Å²) in [6.07, 6.45) is 5.95. The Hall–Kier alpha value is -1.02. The molecule has 0 radical (unpaired) electrons. The van der Waals surface area contributed by atoms with Gasteiger partial charge in [-0.2, -0.15) is 0 Å². The lowest BCUT2D eigenvalue weighted by Gasteiger charge is -2.33. The minimum Gasteiger partial charge on any atom is -0.489 e. The minimum absolute atomic E-state index is 0.191. The van der Waals surface area contributed by atoms with Crippen LogP contribution in [0.25, 0.3) is 0 Å². The van der Waals surface area contributed by atoms with Gasteiger partial charge in [0.2, 0.25) is 0 Å². The largest absolute Gasteiger partial charge is 0.489 e. The summed E-state index contributed by atoms with van der Waals surface area (Å²) in [6, 6.07) is 8.61. The molecule has 0 bridgehead atoms. The molecule has 2 N–H and O–H groups in total. The lowest BCUT2D eigenvalue weighted by Crippen LogP contribution is -2.43. The van der Waals surface area contributed by atoms with Gasteiger partial charge >= 0.3 is 0 Å². The third-order valence-electron chi connectivity index (χ3n) is 4.15. The maximum absolute atomic E-state index is 6.17. The first-order valence-electron chi connectivity index (χ1n) is 7.24. The first kappa shape index (κ1) is 13.4. The van der Waals surface area contributed by atoms with Crippen molar-refractivity contribution in [3.05, 3.63) is 29.8 Å². The molecule has 1 saturated carbocycles. The van der Waals surface area contributed by atoms with Gasteiger partial charge in [0.15, 0.2) is 0 Å².